The van der Waals surface area contributed by atoms with Crippen LogP contribution < -0.4 is 4.74 Å². The first-order valence-corrected chi connectivity index (χ1v) is 6.74. The first kappa shape index (κ1) is 15.6. The summed E-state index contributed by atoms with van der Waals surface area (Å²) < 4.78 is 32.3. The van der Waals surface area contributed by atoms with Crippen molar-refractivity contribution in [2.24, 2.45) is 0 Å². The molecule has 0 spiro atoms. The summed E-state index contributed by atoms with van der Waals surface area (Å²) in [5.74, 6) is -1.72. The van der Waals surface area contributed by atoms with E-state index in [4.69, 9.17) is 16.3 Å². The smallest absolute Gasteiger partial charge is 0.227 e. The van der Waals surface area contributed by atoms with Crippen LogP contribution in [0, 0.1) is 18.6 Å². The van der Waals surface area contributed by atoms with Crippen molar-refractivity contribution in [1.82, 2.24) is 9.97 Å². The summed E-state index contributed by atoms with van der Waals surface area (Å²) in [6, 6.07) is 3.70. The van der Waals surface area contributed by atoms with E-state index in [9.17, 15) is 8.78 Å². The fourth-order valence-corrected chi connectivity index (χ4v) is 1.73. The van der Waals surface area contributed by atoms with Gasteiger partial charge in [0.15, 0.2) is 11.6 Å². The lowest BCUT2D eigenvalue weighted by Crippen LogP contribution is -2.17. The van der Waals surface area contributed by atoms with Crippen molar-refractivity contribution in [3.8, 4) is 11.6 Å². The second kappa shape index (κ2) is 5.56. The maximum atomic E-state index is 13.7. The van der Waals surface area contributed by atoms with Crippen LogP contribution in [0.2, 0.25) is 5.15 Å². The minimum Gasteiger partial charge on any atom is -0.435 e. The Balaban J connectivity index is 2.49. The molecule has 0 fully saturated rings. The zero-order chi connectivity index (χ0) is 15.8. The molecule has 2 aromatic rings. The molecule has 2 rings (SSSR count). The molecule has 3 nitrogen and oxygen atoms in total. The summed E-state index contributed by atoms with van der Waals surface area (Å²) in [5, 5.41) is 0.224. The van der Waals surface area contributed by atoms with E-state index in [2.05, 4.69) is 9.97 Å². The van der Waals surface area contributed by atoms with Crippen LogP contribution in [0.5, 0.6) is 11.6 Å². The molecule has 0 saturated carbocycles. The highest BCUT2D eigenvalue weighted by atomic mass is 35.5. The van der Waals surface area contributed by atoms with Crippen molar-refractivity contribution in [3.63, 3.8) is 0 Å². The molecule has 21 heavy (non-hydrogen) atoms. The molecule has 0 amide bonds. The van der Waals surface area contributed by atoms with Crippen LogP contribution >= 0.6 is 11.6 Å². The second-order valence-corrected chi connectivity index (χ2v) is 6.03. The van der Waals surface area contributed by atoms with Crippen molar-refractivity contribution >= 4 is 11.6 Å². The number of halogens is 3. The fraction of sp³-hybridized carbons (Fsp3) is 0.333. The van der Waals surface area contributed by atoms with E-state index in [1.165, 1.54) is 12.1 Å². The molecule has 112 valence electrons. The molecule has 0 bridgehead atoms. The minimum atomic E-state index is -1.07. The van der Waals surface area contributed by atoms with Crippen molar-refractivity contribution in [2.45, 2.75) is 33.1 Å². The molecule has 0 atom stereocenters. The van der Waals surface area contributed by atoms with Crippen molar-refractivity contribution in [1.29, 1.82) is 0 Å². The third-order valence-electron chi connectivity index (χ3n) is 2.84. The van der Waals surface area contributed by atoms with Crippen LogP contribution in [0.3, 0.4) is 0 Å². The summed E-state index contributed by atoms with van der Waals surface area (Å²) in [6.07, 6.45) is 0. The van der Waals surface area contributed by atoms with Crippen LogP contribution in [0.4, 0.5) is 8.78 Å². The predicted octanol–water partition coefficient (Wildman–Crippen LogP) is 4.81. The largest absolute Gasteiger partial charge is 0.435 e. The number of nitrogens with zero attached hydrogens (tertiary/aromatic N) is 2. The van der Waals surface area contributed by atoms with E-state index >= 15 is 0 Å². The standard InChI is InChI=1S/C15H15ClF2N2O/c1-8-12(16)19-14(15(2,3)4)20-13(8)21-10-7-5-6-9(17)11(10)18/h5-7H,1-4H3. The summed E-state index contributed by atoms with van der Waals surface area (Å²) in [5.41, 5.74) is 0.115. The third kappa shape index (κ3) is 3.29. The maximum absolute atomic E-state index is 13.7. The number of hydrogen-bond donors (Lipinski definition) is 0. The van der Waals surface area contributed by atoms with Crippen molar-refractivity contribution < 1.29 is 13.5 Å². The SMILES string of the molecule is Cc1c(Cl)nc(C(C)(C)C)nc1Oc1cccc(F)c1F. The van der Waals surface area contributed by atoms with E-state index in [1.807, 2.05) is 20.8 Å². The van der Waals surface area contributed by atoms with Gasteiger partial charge in [0.05, 0.1) is 0 Å². The highest BCUT2D eigenvalue weighted by molar-refractivity contribution is 6.30. The maximum Gasteiger partial charge on any atom is 0.227 e. The van der Waals surface area contributed by atoms with Gasteiger partial charge >= 0.3 is 0 Å². The van der Waals surface area contributed by atoms with Gasteiger partial charge in [-0.05, 0) is 19.1 Å². The quantitative estimate of drug-likeness (QED) is 0.747. The summed E-state index contributed by atoms with van der Waals surface area (Å²) >= 11 is 6.06. The summed E-state index contributed by atoms with van der Waals surface area (Å²) in [6.45, 7) is 7.41. The molecule has 6 heteroatoms. The molecule has 1 aromatic carbocycles. The van der Waals surface area contributed by atoms with Gasteiger partial charge in [0.25, 0.3) is 0 Å². The van der Waals surface area contributed by atoms with E-state index in [-0.39, 0.29) is 22.2 Å². The van der Waals surface area contributed by atoms with Crippen molar-refractivity contribution in [3.05, 3.63) is 46.4 Å². The summed E-state index contributed by atoms with van der Waals surface area (Å²) in [4.78, 5) is 8.46. The normalized spacial score (nSPS) is 11.6. The van der Waals surface area contributed by atoms with Gasteiger partial charge < -0.3 is 4.74 Å². The highest BCUT2D eigenvalue weighted by Gasteiger charge is 2.22. The Hall–Kier alpha value is -1.75. The topological polar surface area (TPSA) is 35.0 Å². The first-order chi connectivity index (χ1) is 9.70. The molecule has 0 aliphatic heterocycles. The second-order valence-electron chi connectivity index (χ2n) is 5.67. The Morgan fingerprint density at radius 3 is 2.43 bits per heavy atom. The first-order valence-electron chi connectivity index (χ1n) is 6.36. The number of ether oxygens (including phenoxy) is 1. The third-order valence-corrected chi connectivity index (χ3v) is 3.20. The number of aromatic nitrogens is 2. The van der Waals surface area contributed by atoms with Crippen molar-refractivity contribution in [2.75, 3.05) is 0 Å². The molecule has 0 saturated heterocycles. The summed E-state index contributed by atoms with van der Waals surface area (Å²) in [7, 11) is 0. The van der Waals surface area contributed by atoms with Crippen LogP contribution in [0.15, 0.2) is 18.2 Å². The zero-order valence-corrected chi connectivity index (χ0v) is 12.9. The van der Waals surface area contributed by atoms with Crippen LogP contribution in [-0.2, 0) is 5.41 Å². The Bertz CT molecular complexity index is 684. The fourth-order valence-electron chi connectivity index (χ4n) is 1.57. The van der Waals surface area contributed by atoms with Crippen LogP contribution in [-0.4, -0.2) is 9.97 Å². The van der Waals surface area contributed by atoms with E-state index in [0.29, 0.717) is 11.4 Å². The predicted molar refractivity (Wildman–Crippen MR) is 76.9 cm³/mol. The van der Waals surface area contributed by atoms with Gasteiger partial charge in [-0.2, -0.15) is 9.37 Å². The van der Waals surface area contributed by atoms with Gasteiger partial charge in [-0.3, -0.25) is 0 Å². The molecular weight excluding hydrogens is 298 g/mol. The van der Waals surface area contributed by atoms with E-state index in [1.54, 1.807) is 6.92 Å². The Labute approximate surface area is 127 Å². The van der Waals surface area contributed by atoms with Gasteiger partial charge in [-0.15, -0.1) is 0 Å². The molecule has 0 N–H and O–H groups in total. The number of hydrogen-bond acceptors (Lipinski definition) is 3. The average molecular weight is 313 g/mol. The highest BCUT2D eigenvalue weighted by Crippen LogP contribution is 2.31. The lowest BCUT2D eigenvalue weighted by Gasteiger charge is -2.19. The van der Waals surface area contributed by atoms with Gasteiger partial charge in [-0.25, -0.2) is 9.37 Å². The van der Waals surface area contributed by atoms with Gasteiger partial charge in [0.2, 0.25) is 11.7 Å². The molecule has 0 aliphatic carbocycles. The molecule has 1 aromatic heterocycles. The van der Waals surface area contributed by atoms with Gasteiger partial charge in [0.1, 0.15) is 11.0 Å². The van der Waals surface area contributed by atoms with Crippen LogP contribution in [0.25, 0.3) is 0 Å². The molecule has 0 unspecified atom stereocenters. The molecule has 1 heterocycles. The monoisotopic (exact) mass is 312 g/mol. The van der Waals surface area contributed by atoms with E-state index in [0.717, 1.165) is 6.07 Å². The molecular formula is C15H15ClF2N2O. The Morgan fingerprint density at radius 1 is 1.14 bits per heavy atom. The Kier molecular flexibility index (Phi) is 4.14. The Morgan fingerprint density at radius 2 is 1.81 bits per heavy atom. The van der Waals surface area contributed by atoms with E-state index < -0.39 is 11.6 Å². The number of rotatable bonds is 2. The minimum absolute atomic E-state index is 0.115. The van der Waals surface area contributed by atoms with Crippen LogP contribution in [0.1, 0.15) is 32.2 Å². The zero-order valence-electron chi connectivity index (χ0n) is 12.2. The lowest BCUT2D eigenvalue weighted by atomic mass is 9.96. The number of benzene rings is 1. The lowest BCUT2D eigenvalue weighted by molar-refractivity contribution is 0.396. The van der Waals surface area contributed by atoms with Gasteiger partial charge in [-0.1, -0.05) is 38.4 Å². The average Bonchev–Trinajstić information content (AvgIpc) is 2.38. The molecule has 0 aliphatic rings. The van der Waals surface area contributed by atoms with Gasteiger partial charge in [0, 0.05) is 11.0 Å². The molecule has 0 radical (unpaired) electrons.